The number of hydrogen-bond acceptors (Lipinski definition) is 6. The van der Waals surface area contributed by atoms with E-state index in [1.807, 2.05) is 24.3 Å². The Labute approximate surface area is 174 Å². The van der Waals surface area contributed by atoms with E-state index in [-0.39, 0.29) is 5.82 Å². The Kier molecular flexibility index (Phi) is 6.09. The van der Waals surface area contributed by atoms with Crippen LogP contribution in [0.15, 0.2) is 30.3 Å². The zero-order valence-corrected chi connectivity index (χ0v) is 16.8. The van der Waals surface area contributed by atoms with Gasteiger partial charge in [0.05, 0.1) is 13.7 Å². The maximum absolute atomic E-state index is 15.3. The highest BCUT2D eigenvalue weighted by molar-refractivity contribution is 5.47. The summed E-state index contributed by atoms with van der Waals surface area (Å²) in [5.41, 5.74) is 3.41. The third-order valence-electron chi connectivity index (χ3n) is 6.20. The molecule has 0 bridgehead atoms. The minimum Gasteiger partial charge on any atom is -0.497 e. The number of methoxy groups -OCH3 is 1. The Bertz CT molecular complexity index is 898. The van der Waals surface area contributed by atoms with Gasteiger partial charge in [0.25, 0.3) is 0 Å². The molecule has 4 rings (SSSR count). The lowest BCUT2D eigenvalue weighted by Crippen LogP contribution is -2.55. The monoisotopic (exact) mass is 418 g/mol. The summed E-state index contributed by atoms with van der Waals surface area (Å²) in [5, 5.41) is 40.4. The van der Waals surface area contributed by atoms with Gasteiger partial charge in [-0.3, -0.25) is 0 Å². The van der Waals surface area contributed by atoms with Gasteiger partial charge in [0.2, 0.25) is 0 Å². The molecule has 1 fully saturated rings. The van der Waals surface area contributed by atoms with Crippen LogP contribution in [0.1, 0.15) is 40.3 Å². The van der Waals surface area contributed by atoms with E-state index < -0.39 is 37.1 Å². The quantitative estimate of drug-likeness (QED) is 0.586. The summed E-state index contributed by atoms with van der Waals surface area (Å²) >= 11 is 0. The molecule has 1 saturated heterocycles. The third-order valence-corrected chi connectivity index (χ3v) is 6.20. The molecule has 2 aliphatic rings. The highest BCUT2D eigenvalue weighted by atomic mass is 19.1. The van der Waals surface area contributed by atoms with Gasteiger partial charge >= 0.3 is 0 Å². The van der Waals surface area contributed by atoms with Crippen molar-refractivity contribution < 1.29 is 34.3 Å². The summed E-state index contributed by atoms with van der Waals surface area (Å²) in [4.78, 5) is 0. The number of rotatable bonds is 5. The molecule has 0 saturated carbocycles. The second-order valence-electron chi connectivity index (χ2n) is 8.02. The van der Waals surface area contributed by atoms with E-state index in [1.54, 1.807) is 13.2 Å². The molecule has 6 nitrogen and oxygen atoms in total. The van der Waals surface area contributed by atoms with Gasteiger partial charge in [-0.2, -0.15) is 0 Å². The summed E-state index contributed by atoms with van der Waals surface area (Å²) in [6.07, 6.45) is -3.82. The lowest BCUT2D eigenvalue weighted by molar-refractivity contribution is -0.231. The molecule has 1 heterocycles. The molecule has 1 aliphatic heterocycles. The molecular formula is C23H27FO6. The highest BCUT2D eigenvalue weighted by Gasteiger charge is 2.45. The Morgan fingerprint density at radius 2 is 1.73 bits per heavy atom. The summed E-state index contributed by atoms with van der Waals surface area (Å²) < 4.78 is 26.2. The summed E-state index contributed by atoms with van der Waals surface area (Å²) in [5.74, 6) is 0.474. The number of benzene rings is 2. The number of ether oxygens (including phenoxy) is 2. The fourth-order valence-electron chi connectivity index (χ4n) is 4.54. The largest absolute Gasteiger partial charge is 0.497 e. The number of fused-ring (bicyclic) bond motifs is 1. The van der Waals surface area contributed by atoms with E-state index in [1.165, 1.54) is 0 Å². The Morgan fingerprint density at radius 1 is 1.03 bits per heavy atom. The van der Waals surface area contributed by atoms with Crippen LogP contribution in [0.4, 0.5) is 4.39 Å². The Hall–Kier alpha value is -2.03. The van der Waals surface area contributed by atoms with Crippen molar-refractivity contribution in [3.8, 4) is 5.75 Å². The van der Waals surface area contributed by atoms with Gasteiger partial charge < -0.3 is 29.9 Å². The first-order valence-electron chi connectivity index (χ1n) is 10.2. The second kappa shape index (κ2) is 8.61. The van der Waals surface area contributed by atoms with E-state index in [9.17, 15) is 20.4 Å². The molecule has 5 atom stereocenters. The van der Waals surface area contributed by atoms with Crippen LogP contribution in [-0.2, 0) is 24.0 Å². The molecule has 0 radical (unpaired) electrons. The molecule has 0 amide bonds. The zero-order chi connectivity index (χ0) is 21.4. The fraction of sp³-hybridized carbons (Fsp3) is 0.478. The molecule has 0 spiro atoms. The van der Waals surface area contributed by atoms with Crippen molar-refractivity contribution in [2.45, 2.75) is 56.2 Å². The normalized spacial score (nSPS) is 28.4. The lowest BCUT2D eigenvalue weighted by atomic mass is 9.86. The Balaban J connectivity index is 1.73. The number of halogens is 1. The summed E-state index contributed by atoms with van der Waals surface area (Å²) in [7, 11) is 1.59. The van der Waals surface area contributed by atoms with Crippen molar-refractivity contribution in [3.05, 3.63) is 64.0 Å². The van der Waals surface area contributed by atoms with E-state index >= 15 is 4.39 Å². The molecule has 30 heavy (non-hydrogen) atoms. The fourth-order valence-corrected chi connectivity index (χ4v) is 4.54. The first-order chi connectivity index (χ1) is 14.4. The van der Waals surface area contributed by atoms with Gasteiger partial charge in [0.1, 0.15) is 42.1 Å². The van der Waals surface area contributed by atoms with Gasteiger partial charge in [-0.15, -0.1) is 0 Å². The predicted octanol–water partition coefficient (Wildman–Crippen LogP) is 1.43. The molecule has 1 aliphatic carbocycles. The van der Waals surface area contributed by atoms with Crippen LogP contribution >= 0.6 is 0 Å². The second-order valence-corrected chi connectivity index (χ2v) is 8.02. The third kappa shape index (κ3) is 3.72. The standard InChI is InChI=1S/C23H27FO6/c1-29-14-7-5-12(6-8-14)9-13-10-17(15-3-2-4-16(15)19(13)24)23-22(28)21(27)20(26)18(11-25)30-23/h5-8,10,18,20-23,25-28H,2-4,9,11H2,1H3/t18-,20-,21+,22-,23+/m1/s1. The molecule has 7 heteroatoms. The summed E-state index contributed by atoms with van der Waals surface area (Å²) in [6.45, 7) is -0.496. The highest BCUT2D eigenvalue weighted by Crippen LogP contribution is 2.40. The van der Waals surface area contributed by atoms with Gasteiger partial charge in [-0.1, -0.05) is 12.1 Å². The van der Waals surface area contributed by atoms with Gasteiger partial charge in [-0.25, -0.2) is 4.39 Å². The number of aliphatic hydroxyl groups excluding tert-OH is 4. The smallest absolute Gasteiger partial charge is 0.130 e. The lowest BCUT2D eigenvalue weighted by Gasteiger charge is -2.41. The van der Waals surface area contributed by atoms with Crippen LogP contribution < -0.4 is 4.74 Å². The van der Waals surface area contributed by atoms with Crippen LogP contribution in [-0.4, -0.2) is 58.6 Å². The van der Waals surface area contributed by atoms with E-state index in [0.29, 0.717) is 36.0 Å². The van der Waals surface area contributed by atoms with Gasteiger partial charge in [0, 0.05) is 6.42 Å². The van der Waals surface area contributed by atoms with E-state index in [2.05, 4.69) is 0 Å². The molecule has 2 aromatic carbocycles. The van der Waals surface area contributed by atoms with Crippen LogP contribution in [0.5, 0.6) is 5.75 Å². The van der Waals surface area contributed by atoms with Crippen molar-refractivity contribution in [3.63, 3.8) is 0 Å². The zero-order valence-electron chi connectivity index (χ0n) is 16.8. The molecule has 4 N–H and O–H groups in total. The average molecular weight is 418 g/mol. The maximum Gasteiger partial charge on any atom is 0.130 e. The SMILES string of the molecule is COc1ccc(Cc2cc([C@@H]3O[C@H](CO)[C@@H](O)[C@H](O)[C@H]3O)c3c(c2F)CCC3)cc1. The van der Waals surface area contributed by atoms with Crippen molar-refractivity contribution in [1.82, 2.24) is 0 Å². The van der Waals surface area contributed by atoms with Crippen molar-refractivity contribution in [2.75, 3.05) is 13.7 Å². The van der Waals surface area contributed by atoms with Crippen molar-refractivity contribution in [1.29, 1.82) is 0 Å². The molecular weight excluding hydrogens is 391 g/mol. The molecule has 162 valence electrons. The molecule has 2 aromatic rings. The first kappa shape index (κ1) is 21.2. The van der Waals surface area contributed by atoms with Crippen LogP contribution in [0.25, 0.3) is 0 Å². The van der Waals surface area contributed by atoms with Crippen molar-refractivity contribution >= 4 is 0 Å². The molecule has 0 unspecified atom stereocenters. The average Bonchev–Trinajstić information content (AvgIpc) is 3.26. The minimum atomic E-state index is -1.46. The maximum atomic E-state index is 15.3. The predicted molar refractivity (Wildman–Crippen MR) is 107 cm³/mol. The molecule has 0 aromatic heterocycles. The van der Waals surface area contributed by atoms with Crippen LogP contribution in [0.3, 0.4) is 0 Å². The van der Waals surface area contributed by atoms with Crippen LogP contribution in [0.2, 0.25) is 0 Å². The van der Waals surface area contributed by atoms with Crippen molar-refractivity contribution in [2.24, 2.45) is 0 Å². The number of aliphatic hydroxyl groups is 4. The first-order valence-corrected chi connectivity index (χ1v) is 10.2. The minimum absolute atomic E-state index is 0.244. The Morgan fingerprint density at radius 3 is 2.40 bits per heavy atom. The van der Waals surface area contributed by atoms with Gasteiger partial charge in [-0.05, 0) is 65.3 Å². The van der Waals surface area contributed by atoms with E-state index in [4.69, 9.17) is 9.47 Å². The summed E-state index contributed by atoms with van der Waals surface area (Å²) in [6, 6.07) is 9.08. The topological polar surface area (TPSA) is 99.4 Å². The number of hydrogen-bond donors (Lipinski definition) is 4. The van der Waals surface area contributed by atoms with E-state index in [0.717, 1.165) is 23.3 Å². The van der Waals surface area contributed by atoms with Crippen LogP contribution in [0, 0.1) is 5.82 Å². The van der Waals surface area contributed by atoms with Gasteiger partial charge in [0.15, 0.2) is 0 Å².